The van der Waals surface area contributed by atoms with Crippen molar-refractivity contribution in [3.8, 4) is 0 Å². The van der Waals surface area contributed by atoms with E-state index in [0.717, 1.165) is 30.6 Å². The number of aromatic nitrogens is 2. The number of hydrogen-bond donors (Lipinski definition) is 1. The minimum Gasteiger partial charge on any atom is -0.369 e. The molecule has 0 aliphatic heterocycles. The molecule has 2 rings (SSSR count). The summed E-state index contributed by atoms with van der Waals surface area (Å²) in [7, 11) is 0. The normalized spacial score (nSPS) is 15.2. The first kappa shape index (κ1) is 12.3. The van der Waals surface area contributed by atoms with Crippen molar-refractivity contribution in [2.45, 2.75) is 45.7 Å². The zero-order valence-corrected chi connectivity index (χ0v) is 10.8. The van der Waals surface area contributed by atoms with Crippen molar-refractivity contribution in [3.05, 3.63) is 18.1 Å². The highest BCUT2D eigenvalue weighted by Gasteiger charge is 2.28. The summed E-state index contributed by atoms with van der Waals surface area (Å²) in [4.78, 5) is 11.3. The van der Waals surface area contributed by atoms with Crippen LogP contribution in [0.25, 0.3) is 0 Å². The first-order valence-corrected chi connectivity index (χ1v) is 6.62. The fraction of sp³-hybridized carbons (Fsp3) is 0.692. The van der Waals surface area contributed by atoms with E-state index in [2.05, 4.69) is 34.0 Å². The van der Waals surface area contributed by atoms with Crippen molar-refractivity contribution in [1.82, 2.24) is 14.9 Å². The summed E-state index contributed by atoms with van der Waals surface area (Å²) in [6.45, 7) is 7.29. The number of hydrogen-bond acceptors (Lipinski definition) is 4. The van der Waals surface area contributed by atoms with Gasteiger partial charge in [0.2, 0.25) is 0 Å². The molecule has 1 fully saturated rings. The molecule has 17 heavy (non-hydrogen) atoms. The highest BCUT2D eigenvalue weighted by molar-refractivity contribution is 5.30. The van der Waals surface area contributed by atoms with Gasteiger partial charge in [-0.25, -0.2) is 4.98 Å². The van der Waals surface area contributed by atoms with Crippen molar-refractivity contribution >= 4 is 5.82 Å². The lowest BCUT2D eigenvalue weighted by molar-refractivity contribution is 0.252. The molecule has 1 N–H and O–H groups in total. The molecule has 1 aliphatic carbocycles. The Morgan fingerprint density at radius 3 is 2.65 bits per heavy atom. The van der Waals surface area contributed by atoms with Crippen molar-refractivity contribution in [1.29, 1.82) is 0 Å². The molecule has 1 aromatic rings. The molecule has 0 bridgehead atoms. The molecule has 0 atom stereocenters. The fourth-order valence-electron chi connectivity index (χ4n) is 2.03. The molecule has 0 aromatic carbocycles. The maximum atomic E-state index is 4.46. The molecule has 1 heterocycles. The van der Waals surface area contributed by atoms with Crippen LogP contribution in [-0.2, 0) is 6.54 Å². The quantitative estimate of drug-likeness (QED) is 0.786. The molecule has 0 unspecified atom stereocenters. The van der Waals surface area contributed by atoms with Crippen LogP contribution in [-0.4, -0.2) is 34.0 Å². The maximum absolute atomic E-state index is 4.46. The lowest BCUT2D eigenvalue weighted by Gasteiger charge is -2.20. The average Bonchev–Trinajstić information content (AvgIpc) is 3.15. The standard InChI is InChI=1S/C13H22N4/c1-3-7-17(12-5-6-12)10-11-8-16-13(9-15-11)14-4-2/h8-9,12H,3-7,10H2,1-2H3,(H,14,16). The Bertz CT molecular complexity index is 332. The predicted molar refractivity (Wildman–Crippen MR) is 69.9 cm³/mol. The molecule has 1 aromatic heterocycles. The van der Waals surface area contributed by atoms with Crippen LogP contribution in [0.1, 0.15) is 38.8 Å². The van der Waals surface area contributed by atoms with Gasteiger partial charge in [-0.2, -0.15) is 0 Å². The first-order valence-electron chi connectivity index (χ1n) is 6.62. The largest absolute Gasteiger partial charge is 0.369 e. The van der Waals surface area contributed by atoms with Crippen LogP contribution in [0.2, 0.25) is 0 Å². The van der Waals surface area contributed by atoms with Crippen LogP contribution in [0.5, 0.6) is 0 Å². The summed E-state index contributed by atoms with van der Waals surface area (Å²) in [6.07, 6.45) is 7.63. The van der Waals surface area contributed by atoms with E-state index in [1.807, 2.05) is 12.4 Å². The lowest BCUT2D eigenvalue weighted by atomic mass is 10.3. The Hall–Kier alpha value is -1.16. The van der Waals surface area contributed by atoms with Crippen molar-refractivity contribution in [3.63, 3.8) is 0 Å². The van der Waals surface area contributed by atoms with Gasteiger partial charge in [-0.1, -0.05) is 6.92 Å². The monoisotopic (exact) mass is 234 g/mol. The number of anilines is 1. The smallest absolute Gasteiger partial charge is 0.144 e. The Kier molecular flexibility index (Phi) is 4.31. The van der Waals surface area contributed by atoms with E-state index >= 15 is 0 Å². The molecule has 0 saturated heterocycles. The van der Waals surface area contributed by atoms with Gasteiger partial charge in [0.25, 0.3) is 0 Å². The summed E-state index contributed by atoms with van der Waals surface area (Å²) in [5, 5.41) is 3.16. The lowest BCUT2D eigenvalue weighted by Crippen LogP contribution is -2.26. The molecule has 0 spiro atoms. The number of nitrogens with one attached hydrogen (secondary N) is 1. The average molecular weight is 234 g/mol. The van der Waals surface area contributed by atoms with Crippen molar-refractivity contribution in [2.24, 2.45) is 0 Å². The van der Waals surface area contributed by atoms with Gasteiger partial charge in [0.05, 0.1) is 18.1 Å². The van der Waals surface area contributed by atoms with Crippen molar-refractivity contribution < 1.29 is 0 Å². The molecular formula is C13H22N4. The summed E-state index contributed by atoms with van der Waals surface area (Å²) < 4.78 is 0. The van der Waals surface area contributed by atoms with Gasteiger partial charge in [0.1, 0.15) is 5.82 Å². The minimum atomic E-state index is 0.796. The van der Waals surface area contributed by atoms with Gasteiger partial charge in [-0.15, -0.1) is 0 Å². The fourth-order valence-corrected chi connectivity index (χ4v) is 2.03. The molecule has 0 amide bonds. The molecule has 4 nitrogen and oxygen atoms in total. The molecule has 1 saturated carbocycles. The summed E-state index contributed by atoms with van der Waals surface area (Å²) in [5.41, 5.74) is 1.08. The summed E-state index contributed by atoms with van der Waals surface area (Å²) in [5.74, 6) is 0.865. The SMILES string of the molecule is CCCN(Cc1cnc(NCC)cn1)C1CC1. The van der Waals surface area contributed by atoms with E-state index in [1.165, 1.54) is 25.8 Å². The molecule has 4 heteroatoms. The van der Waals surface area contributed by atoms with E-state index in [9.17, 15) is 0 Å². The van der Waals surface area contributed by atoms with Crippen LogP contribution in [0, 0.1) is 0 Å². The third kappa shape index (κ3) is 3.66. The van der Waals surface area contributed by atoms with E-state index in [4.69, 9.17) is 0 Å². The molecule has 94 valence electrons. The van der Waals surface area contributed by atoms with Crippen molar-refractivity contribution in [2.75, 3.05) is 18.4 Å². The predicted octanol–water partition coefficient (Wildman–Crippen LogP) is 2.28. The van der Waals surface area contributed by atoms with Gasteiger partial charge < -0.3 is 5.32 Å². The van der Waals surface area contributed by atoms with E-state index in [0.29, 0.717) is 0 Å². The number of nitrogens with zero attached hydrogens (tertiary/aromatic N) is 3. The first-order chi connectivity index (χ1) is 8.33. The Balaban J connectivity index is 1.92. The third-order valence-electron chi connectivity index (χ3n) is 3.00. The van der Waals surface area contributed by atoms with Crippen LogP contribution in [0.4, 0.5) is 5.82 Å². The maximum Gasteiger partial charge on any atom is 0.144 e. The Morgan fingerprint density at radius 1 is 1.29 bits per heavy atom. The van der Waals surface area contributed by atoms with E-state index < -0.39 is 0 Å². The van der Waals surface area contributed by atoms with Crippen LogP contribution < -0.4 is 5.32 Å². The van der Waals surface area contributed by atoms with E-state index in [-0.39, 0.29) is 0 Å². The Morgan fingerprint density at radius 2 is 2.12 bits per heavy atom. The second kappa shape index (κ2) is 5.96. The molecular weight excluding hydrogens is 212 g/mol. The van der Waals surface area contributed by atoms with E-state index in [1.54, 1.807) is 0 Å². The molecule has 1 aliphatic rings. The minimum absolute atomic E-state index is 0.796. The van der Waals surface area contributed by atoms with Gasteiger partial charge >= 0.3 is 0 Å². The zero-order chi connectivity index (χ0) is 12.1. The second-order valence-electron chi connectivity index (χ2n) is 4.62. The zero-order valence-electron chi connectivity index (χ0n) is 10.8. The van der Waals surface area contributed by atoms with Gasteiger partial charge in [-0.05, 0) is 32.7 Å². The van der Waals surface area contributed by atoms with Crippen LogP contribution in [0.15, 0.2) is 12.4 Å². The topological polar surface area (TPSA) is 41.1 Å². The Labute approximate surface area is 103 Å². The summed E-state index contributed by atoms with van der Waals surface area (Å²) in [6, 6.07) is 0.796. The van der Waals surface area contributed by atoms with Gasteiger partial charge in [0, 0.05) is 19.1 Å². The highest BCUT2D eigenvalue weighted by Crippen LogP contribution is 2.27. The number of rotatable bonds is 7. The molecule has 0 radical (unpaired) electrons. The summed E-state index contributed by atoms with van der Waals surface area (Å²) >= 11 is 0. The second-order valence-corrected chi connectivity index (χ2v) is 4.62. The highest BCUT2D eigenvalue weighted by atomic mass is 15.2. The van der Waals surface area contributed by atoms with Gasteiger partial charge in [-0.3, -0.25) is 9.88 Å². The van der Waals surface area contributed by atoms with Gasteiger partial charge in [0.15, 0.2) is 0 Å². The van der Waals surface area contributed by atoms with Crippen LogP contribution >= 0.6 is 0 Å². The third-order valence-corrected chi connectivity index (χ3v) is 3.00. The van der Waals surface area contributed by atoms with Crippen LogP contribution in [0.3, 0.4) is 0 Å².